The van der Waals surface area contributed by atoms with E-state index >= 15 is 0 Å². The second-order valence-electron chi connectivity index (χ2n) is 5.78. The van der Waals surface area contributed by atoms with Gasteiger partial charge in [0.15, 0.2) is 0 Å². The Morgan fingerprint density at radius 1 is 1.28 bits per heavy atom. The van der Waals surface area contributed by atoms with Crippen molar-refractivity contribution in [1.82, 2.24) is 15.2 Å². The van der Waals surface area contributed by atoms with Gasteiger partial charge in [0.1, 0.15) is 0 Å². The molecule has 1 aromatic heterocycles. The average molecular weight is 249 g/mol. The van der Waals surface area contributed by atoms with Gasteiger partial charge in [-0.2, -0.15) is 0 Å². The standard InChI is InChI=1S/C15H27N3/c1-12(2)8-15(11-18(4)5)17-10-14-7-6-13(3)16-9-14/h6-7,9,12,15,17H,8,10-11H2,1-5H3. The number of hydrogen-bond donors (Lipinski definition) is 1. The summed E-state index contributed by atoms with van der Waals surface area (Å²) in [4.78, 5) is 6.57. The lowest BCUT2D eigenvalue weighted by molar-refractivity contribution is 0.305. The minimum atomic E-state index is 0.543. The lowest BCUT2D eigenvalue weighted by Gasteiger charge is -2.24. The van der Waals surface area contributed by atoms with Crippen LogP contribution in [0.5, 0.6) is 0 Å². The Hall–Kier alpha value is -0.930. The highest BCUT2D eigenvalue weighted by Crippen LogP contribution is 2.07. The number of hydrogen-bond acceptors (Lipinski definition) is 3. The van der Waals surface area contributed by atoms with Crippen molar-refractivity contribution in [2.24, 2.45) is 5.92 Å². The van der Waals surface area contributed by atoms with Gasteiger partial charge in [0.2, 0.25) is 0 Å². The first kappa shape index (κ1) is 15.1. The molecule has 0 amide bonds. The van der Waals surface area contributed by atoms with E-state index in [0.717, 1.165) is 24.7 Å². The van der Waals surface area contributed by atoms with Crippen LogP contribution in [0.2, 0.25) is 0 Å². The quantitative estimate of drug-likeness (QED) is 0.804. The molecular formula is C15H27N3. The van der Waals surface area contributed by atoms with E-state index in [9.17, 15) is 0 Å². The fourth-order valence-corrected chi connectivity index (χ4v) is 2.10. The van der Waals surface area contributed by atoms with E-state index < -0.39 is 0 Å². The molecule has 1 aromatic rings. The Morgan fingerprint density at radius 2 is 2.00 bits per heavy atom. The Kier molecular flexibility index (Phi) is 6.30. The number of likely N-dealkylation sites (N-methyl/N-ethyl adjacent to an activating group) is 1. The molecule has 102 valence electrons. The van der Waals surface area contributed by atoms with E-state index in [1.165, 1.54) is 12.0 Å². The van der Waals surface area contributed by atoms with E-state index in [1.807, 2.05) is 13.1 Å². The summed E-state index contributed by atoms with van der Waals surface area (Å²) in [6.45, 7) is 8.55. The van der Waals surface area contributed by atoms with Crippen molar-refractivity contribution in [3.8, 4) is 0 Å². The summed E-state index contributed by atoms with van der Waals surface area (Å²) in [5, 5.41) is 3.64. The molecule has 0 aliphatic heterocycles. The molecule has 1 atom stereocenters. The number of aromatic nitrogens is 1. The largest absolute Gasteiger partial charge is 0.309 e. The molecule has 0 aliphatic carbocycles. The topological polar surface area (TPSA) is 28.2 Å². The highest BCUT2D eigenvalue weighted by molar-refractivity contribution is 5.12. The van der Waals surface area contributed by atoms with E-state index in [4.69, 9.17) is 0 Å². The smallest absolute Gasteiger partial charge is 0.0372 e. The minimum absolute atomic E-state index is 0.543. The molecule has 0 spiro atoms. The zero-order chi connectivity index (χ0) is 13.5. The van der Waals surface area contributed by atoms with E-state index in [1.54, 1.807) is 0 Å². The molecule has 0 saturated heterocycles. The Labute approximate surface area is 112 Å². The lowest BCUT2D eigenvalue weighted by atomic mass is 10.0. The fourth-order valence-electron chi connectivity index (χ4n) is 2.10. The molecule has 0 aromatic carbocycles. The van der Waals surface area contributed by atoms with Gasteiger partial charge in [0, 0.05) is 31.0 Å². The Balaban J connectivity index is 2.47. The maximum atomic E-state index is 4.33. The van der Waals surface area contributed by atoms with Crippen molar-refractivity contribution in [1.29, 1.82) is 0 Å². The predicted octanol–water partition coefficient (Wildman–Crippen LogP) is 2.46. The van der Waals surface area contributed by atoms with Crippen LogP contribution in [0, 0.1) is 12.8 Å². The molecule has 3 heteroatoms. The van der Waals surface area contributed by atoms with Gasteiger partial charge in [-0.3, -0.25) is 4.98 Å². The molecule has 18 heavy (non-hydrogen) atoms. The van der Waals surface area contributed by atoms with Crippen molar-refractivity contribution in [3.05, 3.63) is 29.6 Å². The number of nitrogens with one attached hydrogen (secondary N) is 1. The van der Waals surface area contributed by atoms with Crippen molar-refractivity contribution in [3.63, 3.8) is 0 Å². The van der Waals surface area contributed by atoms with Gasteiger partial charge in [-0.05, 0) is 45.0 Å². The van der Waals surface area contributed by atoms with Gasteiger partial charge in [-0.1, -0.05) is 19.9 Å². The first-order valence-corrected chi connectivity index (χ1v) is 6.77. The zero-order valence-corrected chi connectivity index (χ0v) is 12.4. The summed E-state index contributed by atoms with van der Waals surface area (Å²) < 4.78 is 0. The lowest BCUT2D eigenvalue weighted by Crippen LogP contribution is -2.38. The Bertz CT molecular complexity index is 320. The Morgan fingerprint density at radius 3 is 2.50 bits per heavy atom. The molecule has 1 heterocycles. The van der Waals surface area contributed by atoms with E-state index in [-0.39, 0.29) is 0 Å². The summed E-state index contributed by atoms with van der Waals surface area (Å²) in [6, 6.07) is 4.76. The van der Waals surface area contributed by atoms with Crippen LogP contribution < -0.4 is 5.32 Å². The second-order valence-corrected chi connectivity index (χ2v) is 5.78. The predicted molar refractivity (Wildman–Crippen MR) is 77.6 cm³/mol. The second kappa shape index (κ2) is 7.49. The SMILES string of the molecule is Cc1ccc(CNC(CC(C)C)CN(C)C)cn1. The number of aryl methyl sites for hydroxylation is 1. The number of rotatable bonds is 7. The monoisotopic (exact) mass is 249 g/mol. The third-order valence-electron chi connectivity index (χ3n) is 2.91. The zero-order valence-electron chi connectivity index (χ0n) is 12.4. The van der Waals surface area contributed by atoms with E-state index in [2.05, 4.69) is 55.3 Å². The van der Waals surface area contributed by atoms with Crippen LogP contribution >= 0.6 is 0 Å². The summed E-state index contributed by atoms with van der Waals surface area (Å²) in [6.07, 6.45) is 3.17. The molecule has 0 aliphatic rings. The van der Waals surface area contributed by atoms with Gasteiger partial charge in [-0.15, -0.1) is 0 Å². The van der Waals surface area contributed by atoms with Crippen molar-refractivity contribution >= 4 is 0 Å². The van der Waals surface area contributed by atoms with Gasteiger partial charge in [0.05, 0.1) is 0 Å². The van der Waals surface area contributed by atoms with Crippen LogP contribution in [-0.4, -0.2) is 36.6 Å². The summed E-state index contributed by atoms with van der Waals surface area (Å²) >= 11 is 0. The number of pyridine rings is 1. The van der Waals surface area contributed by atoms with Gasteiger partial charge >= 0.3 is 0 Å². The molecule has 0 bridgehead atoms. The van der Waals surface area contributed by atoms with Gasteiger partial charge in [0.25, 0.3) is 0 Å². The highest BCUT2D eigenvalue weighted by atomic mass is 15.1. The molecular weight excluding hydrogens is 222 g/mol. The molecule has 1 rings (SSSR count). The summed E-state index contributed by atoms with van der Waals surface area (Å²) in [7, 11) is 4.25. The van der Waals surface area contributed by atoms with Gasteiger partial charge in [-0.25, -0.2) is 0 Å². The molecule has 1 unspecified atom stereocenters. The normalized spacial score (nSPS) is 13.3. The van der Waals surface area contributed by atoms with Crippen LogP contribution in [0.4, 0.5) is 0 Å². The molecule has 0 saturated carbocycles. The third kappa shape index (κ3) is 6.12. The van der Waals surface area contributed by atoms with Crippen LogP contribution in [-0.2, 0) is 6.54 Å². The van der Waals surface area contributed by atoms with Crippen molar-refractivity contribution < 1.29 is 0 Å². The van der Waals surface area contributed by atoms with E-state index in [0.29, 0.717) is 6.04 Å². The summed E-state index contributed by atoms with van der Waals surface area (Å²) in [5.41, 5.74) is 2.33. The van der Waals surface area contributed by atoms with Crippen molar-refractivity contribution in [2.45, 2.75) is 39.8 Å². The molecule has 0 fully saturated rings. The molecule has 0 radical (unpaired) electrons. The first-order chi connectivity index (χ1) is 8.47. The van der Waals surface area contributed by atoms with Crippen LogP contribution in [0.25, 0.3) is 0 Å². The average Bonchev–Trinajstić information content (AvgIpc) is 2.26. The van der Waals surface area contributed by atoms with Crippen LogP contribution in [0.1, 0.15) is 31.5 Å². The van der Waals surface area contributed by atoms with Crippen LogP contribution in [0.3, 0.4) is 0 Å². The number of nitrogens with zero attached hydrogens (tertiary/aromatic N) is 2. The third-order valence-corrected chi connectivity index (χ3v) is 2.91. The van der Waals surface area contributed by atoms with Crippen LogP contribution in [0.15, 0.2) is 18.3 Å². The maximum Gasteiger partial charge on any atom is 0.0372 e. The maximum absolute atomic E-state index is 4.33. The highest BCUT2D eigenvalue weighted by Gasteiger charge is 2.11. The molecule has 3 nitrogen and oxygen atoms in total. The molecule has 1 N–H and O–H groups in total. The minimum Gasteiger partial charge on any atom is -0.309 e. The first-order valence-electron chi connectivity index (χ1n) is 6.77. The fraction of sp³-hybridized carbons (Fsp3) is 0.667. The van der Waals surface area contributed by atoms with Gasteiger partial charge < -0.3 is 10.2 Å². The van der Waals surface area contributed by atoms with Crippen molar-refractivity contribution in [2.75, 3.05) is 20.6 Å². The summed E-state index contributed by atoms with van der Waals surface area (Å²) in [5.74, 6) is 0.721.